The number of likely N-dealkylation sites (tertiary alicyclic amines) is 1. The van der Waals surface area contributed by atoms with Gasteiger partial charge in [-0.3, -0.25) is 9.36 Å². The van der Waals surface area contributed by atoms with Gasteiger partial charge in [-0.25, -0.2) is 23.2 Å². The molecule has 29 heavy (non-hydrogen) atoms. The van der Waals surface area contributed by atoms with Gasteiger partial charge in [0.15, 0.2) is 5.01 Å². The topological polar surface area (TPSA) is 73.0 Å². The van der Waals surface area contributed by atoms with Gasteiger partial charge in [-0.15, -0.1) is 11.3 Å². The summed E-state index contributed by atoms with van der Waals surface area (Å²) < 4.78 is 67.2. The van der Waals surface area contributed by atoms with Gasteiger partial charge in [0.25, 0.3) is 5.92 Å². The summed E-state index contributed by atoms with van der Waals surface area (Å²) in [6.07, 6.45) is -3.72. The molecule has 2 aliphatic heterocycles. The van der Waals surface area contributed by atoms with Crippen molar-refractivity contribution in [2.75, 3.05) is 13.1 Å². The fraction of sp³-hybridized carbons (Fsp3) is 0.625. The molecule has 0 N–H and O–H groups in total. The Bertz CT molecular complexity index is 995. The molecule has 2 aliphatic rings. The predicted molar refractivity (Wildman–Crippen MR) is 90.8 cm³/mol. The molecule has 13 heteroatoms. The molecule has 2 aromatic rings. The summed E-state index contributed by atoms with van der Waals surface area (Å²) in [6, 6.07) is -0.935. The molecule has 7 nitrogen and oxygen atoms in total. The molecule has 0 aliphatic carbocycles. The second kappa shape index (κ2) is 6.89. The summed E-state index contributed by atoms with van der Waals surface area (Å²) in [4.78, 5) is 30.1. The van der Waals surface area contributed by atoms with Gasteiger partial charge in [0.2, 0.25) is 5.91 Å². The maximum Gasteiger partial charge on any atom is 0.443 e. The Balaban J connectivity index is 1.59. The van der Waals surface area contributed by atoms with Crippen molar-refractivity contribution >= 4 is 17.2 Å². The summed E-state index contributed by atoms with van der Waals surface area (Å²) in [5.74, 6) is -3.18. The van der Waals surface area contributed by atoms with E-state index in [0.29, 0.717) is 36.4 Å². The molecule has 1 saturated heterocycles. The van der Waals surface area contributed by atoms with Crippen LogP contribution in [-0.4, -0.2) is 49.2 Å². The minimum atomic E-state index is -4.57. The molecule has 1 fully saturated rings. The van der Waals surface area contributed by atoms with Crippen LogP contribution in [0.1, 0.15) is 41.8 Å². The Labute approximate surface area is 164 Å². The number of hydrogen-bond donors (Lipinski definition) is 0. The van der Waals surface area contributed by atoms with Gasteiger partial charge >= 0.3 is 11.9 Å². The number of nitrogens with zero attached hydrogens (tertiary/aromatic N) is 5. The molecule has 1 amide bonds. The summed E-state index contributed by atoms with van der Waals surface area (Å²) >= 11 is 0.421. The predicted octanol–water partition coefficient (Wildman–Crippen LogP) is 2.31. The first kappa shape index (κ1) is 20.0. The lowest BCUT2D eigenvalue weighted by Crippen LogP contribution is -2.42. The number of thiazole rings is 1. The first-order valence-corrected chi connectivity index (χ1v) is 9.79. The van der Waals surface area contributed by atoms with Gasteiger partial charge in [-0.2, -0.15) is 18.3 Å². The first-order valence-electron chi connectivity index (χ1n) is 8.91. The van der Waals surface area contributed by atoms with Gasteiger partial charge in [0.1, 0.15) is 11.9 Å². The molecule has 2 aromatic heterocycles. The van der Waals surface area contributed by atoms with Crippen LogP contribution >= 0.6 is 11.3 Å². The molecule has 0 unspecified atom stereocenters. The normalized spacial score (nSPS) is 21.4. The summed E-state index contributed by atoms with van der Waals surface area (Å²) in [5.41, 5.74) is -0.632. The highest BCUT2D eigenvalue weighted by molar-refractivity contribution is 7.09. The molecule has 0 aromatic carbocycles. The molecule has 158 valence electrons. The lowest BCUT2D eigenvalue weighted by molar-refractivity contribution is -0.138. The standard InChI is InChI=1S/C16H16F5N5O2S/c17-15(18)4-5-24(8-15)12(27)10-2-1-3-11-23-25(14(28)26(10)11)6-9-7-29-13(22-9)16(19,20)21/h7,10H,1-6,8H2/t10-/m0/s1. The van der Waals surface area contributed by atoms with E-state index in [1.54, 1.807) is 0 Å². The van der Waals surface area contributed by atoms with E-state index < -0.39 is 47.7 Å². The van der Waals surface area contributed by atoms with E-state index in [0.717, 1.165) is 9.58 Å². The van der Waals surface area contributed by atoms with Crippen LogP contribution in [0.2, 0.25) is 0 Å². The zero-order chi connectivity index (χ0) is 21.0. The number of rotatable bonds is 3. The minimum absolute atomic E-state index is 0.0296. The van der Waals surface area contributed by atoms with Gasteiger partial charge < -0.3 is 4.90 Å². The van der Waals surface area contributed by atoms with Crippen LogP contribution in [0.25, 0.3) is 0 Å². The molecular weight excluding hydrogens is 421 g/mol. The average molecular weight is 437 g/mol. The van der Waals surface area contributed by atoms with Crippen molar-refractivity contribution in [1.29, 1.82) is 0 Å². The number of amides is 1. The van der Waals surface area contributed by atoms with E-state index in [1.165, 1.54) is 9.95 Å². The summed E-state index contributed by atoms with van der Waals surface area (Å²) in [7, 11) is 0. The Morgan fingerprint density at radius 1 is 1.34 bits per heavy atom. The molecule has 0 radical (unpaired) electrons. The SMILES string of the molecule is O=C([C@@H]1CCCc2nn(Cc3csc(C(F)(F)F)n3)c(=O)n21)N1CCC(F)(F)C1. The van der Waals surface area contributed by atoms with Gasteiger partial charge in [-0.05, 0) is 12.8 Å². The van der Waals surface area contributed by atoms with Crippen molar-refractivity contribution in [2.24, 2.45) is 0 Å². The van der Waals surface area contributed by atoms with Gasteiger partial charge in [0, 0.05) is 24.8 Å². The number of carbonyl (C=O) groups excluding carboxylic acids is 1. The van der Waals surface area contributed by atoms with E-state index in [1.807, 2.05) is 0 Å². The molecule has 0 saturated carbocycles. The number of aromatic nitrogens is 4. The van der Waals surface area contributed by atoms with Gasteiger partial charge in [-0.1, -0.05) is 0 Å². The Kier molecular flexibility index (Phi) is 4.74. The van der Waals surface area contributed by atoms with Crippen LogP contribution in [0, 0.1) is 0 Å². The minimum Gasteiger partial charge on any atom is -0.335 e. The third kappa shape index (κ3) is 3.79. The third-order valence-electron chi connectivity index (χ3n) is 5.00. The Morgan fingerprint density at radius 2 is 2.10 bits per heavy atom. The zero-order valence-corrected chi connectivity index (χ0v) is 15.8. The number of fused-ring (bicyclic) bond motifs is 1. The largest absolute Gasteiger partial charge is 0.443 e. The van der Waals surface area contributed by atoms with Crippen molar-refractivity contribution in [3.8, 4) is 0 Å². The highest BCUT2D eigenvalue weighted by Crippen LogP contribution is 2.32. The molecule has 1 atom stereocenters. The van der Waals surface area contributed by atoms with Crippen molar-refractivity contribution in [2.45, 2.75) is 50.4 Å². The third-order valence-corrected chi connectivity index (χ3v) is 5.94. The van der Waals surface area contributed by atoms with Crippen LogP contribution in [0.15, 0.2) is 10.2 Å². The number of carbonyl (C=O) groups is 1. The number of aryl methyl sites for hydroxylation is 1. The fourth-order valence-electron chi connectivity index (χ4n) is 3.67. The van der Waals surface area contributed by atoms with Crippen LogP contribution in [0.3, 0.4) is 0 Å². The van der Waals surface area contributed by atoms with E-state index >= 15 is 0 Å². The molecule has 0 bridgehead atoms. The van der Waals surface area contributed by atoms with Crippen molar-refractivity contribution in [3.05, 3.63) is 32.4 Å². The first-order chi connectivity index (χ1) is 13.5. The Hall–Kier alpha value is -2.31. The summed E-state index contributed by atoms with van der Waals surface area (Å²) in [5, 5.41) is 4.31. The maximum atomic E-state index is 13.5. The molecule has 0 spiro atoms. The lowest BCUT2D eigenvalue weighted by Gasteiger charge is -2.27. The number of halogens is 5. The molecule has 4 rings (SSSR count). The van der Waals surface area contributed by atoms with Crippen molar-refractivity contribution in [3.63, 3.8) is 0 Å². The van der Waals surface area contributed by atoms with Crippen molar-refractivity contribution < 1.29 is 26.7 Å². The van der Waals surface area contributed by atoms with E-state index in [4.69, 9.17) is 0 Å². The highest BCUT2D eigenvalue weighted by atomic mass is 32.1. The monoisotopic (exact) mass is 437 g/mol. The lowest BCUT2D eigenvalue weighted by atomic mass is 10.0. The molecular formula is C16H16F5N5O2S. The molecule has 4 heterocycles. The van der Waals surface area contributed by atoms with Crippen LogP contribution < -0.4 is 5.69 Å². The number of hydrogen-bond acceptors (Lipinski definition) is 5. The number of alkyl halides is 5. The Morgan fingerprint density at radius 3 is 2.72 bits per heavy atom. The maximum absolute atomic E-state index is 13.5. The highest BCUT2D eigenvalue weighted by Gasteiger charge is 2.43. The zero-order valence-electron chi connectivity index (χ0n) is 15.0. The summed E-state index contributed by atoms with van der Waals surface area (Å²) in [6.45, 7) is -1.03. The van der Waals surface area contributed by atoms with Gasteiger partial charge in [0.05, 0.1) is 18.8 Å². The van der Waals surface area contributed by atoms with Crippen LogP contribution in [0.4, 0.5) is 22.0 Å². The van der Waals surface area contributed by atoms with E-state index in [2.05, 4.69) is 10.1 Å². The smallest absolute Gasteiger partial charge is 0.335 e. The van der Waals surface area contributed by atoms with Crippen LogP contribution in [-0.2, 0) is 23.9 Å². The average Bonchev–Trinajstić information content (AvgIpc) is 3.33. The van der Waals surface area contributed by atoms with Crippen LogP contribution in [0.5, 0.6) is 0 Å². The quantitative estimate of drug-likeness (QED) is 0.691. The van der Waals surface area contributed by atoms with E-state index in [9.17, 15) is 31.5 Å². The fourth-order valence-corrected chi connectivity index (χ4v) is 4.34. The van der Waals surface area contributed by atoms with E-state index in [-0.39, 0.29) is 18.8 Å². The second-order valence-corrected chi connectivity index (χ2v) is 8.00. The second-order valence-electron chi connectivity index (χ2n) is 7.14. The van der Waals surface area contributed by atoms with Crippen molar-refractivity contribution in [1.82, 2.24) is 24.2 Å².